The summed E-state index contributed by atoms with van der Waals surface area (Å²) in [4.78, 5) is 23.3. The Hall–Kier alpha value is -1.10. The van der Waals surface area contributed by atoms with Gasteiger partial charge in [-0.1, -0.05) is 20.8 Å². The molecule has 2 aliphatic carbocycles. The van der Waals surface area contributed by atoms with Crippen molar-refractivity contribution in [1.29, 1.82) is 0 Å². The molecule has 5 nitrogen and oxygen atoms in total. The molecule has 1 heterocycles. The number of hydrogen-bond acceptors (Lipinski definition) is 5. The maximum atomic E-state index is 11.9. The van der Waals surface area contributed by atoms with Gasteiger partial charge >= 0.3 is 11.9 Å². The van der Waals surface area contributed by atoms with Crippen molar-refractivity contribution < 1.29 is 24.2 Å². The molecule has 0 unspecified atom stereocenters. The van der Waals surface area contributed by atoms with E-state index in [1.807, 2.05) is 6.92 Å². The molecule has 1 N–H and O–H groups in total. The summed E-state index contributed by atoms with van der Waals surface area (Å²) in [7, 11) is 0. The molecule has 0 spiro atoms. The fraction of sp³-hybridized carbons (Fsp3) is 0.882. The summed E-state index contributed by atoms with van der Waals surface area (Å²) in [5, 5.41) is 10.7. The van der Waals surface area contributed by atoms with Crippen LogP contribution in [0.25, 0.3) is 0 Å². The smallest absolute Gasteiger partial charge is 0.309 e. The summed E-state index contributed by atoms with van der Waals surface area (Å²) in [6.07, 6.45) is 1.21. The Kier molecular flexibility index (Phi) is 3.75. The van der Waals surface area contributed by atoms with Crippen LogP contribution in [0, 0.1) is 29.1 Å². The van der Waals surface area contributed by atoms with Gasteiger partial charge in [-0.2, -0.15) is 0 Å². The van der Waals surface area contributed by atoms with E-state index in [1.165, 1.54) is 6.92 Å². The van der Waals surface area contributed by atoms with Crippen molar-refractivity contribution in [2.75, 3.05) is 0 Å². The van der Waals surface area contributed by atoms with Gasteiger partial charge in [0.25, 0.3) is 0 Å². The molecule has 3 fully saturated rings. The van der Waals surface area contributed by atoms with Crippen molar-refractivity contribution in [3.05, 3.63) is 0 Å². The zero-order valence-corrected chi connectivity index (χ0v) is 13.7. The molecule has 1 saturated heterocycles. The number of ether oxygens (including phenoxy) is 2. The van der Waals surface area contributed by atoms with Gasteiger partial charge < -0.3 is 14.6 Å². The third-order valence-electron chi connectivity index (χ3n) is 6.35. The molecular weight excluding hydrogens is 284 g/mol. The molecule has 1 aliphatic heterocycles. The molecule has 22 heavy (non-hydrogen) atoms. The zero-order valence-electron chi connectivity index (χ0n) is 13.7. The van der Waals surface area contributed by atoms with Crippen LogP contribution in [-0.2, 0) is 19.1 Å². The van der Waals surface area contributed by atoms with Crippen molar-refractivity contribution in [1.82, 2.24) is 0 Å². The third-order valence-corrected chi connectivity index (χ3v) is 6.35. The maximum Gasteiger partial charge on any atom is 0.309 e. The lowest BCUT2D eigenvalue weighted by atomic mass is 9.68. The Morgan fingerprint density at radius 1 is 1.36 bits per heavy atom. The quantitative estimate of drug-likeness (QED) is 0.749. The van der Waals surface area contributed by atoms with Crippen molar-refractivity contribution in [2.24, 2.45) is 29.1 Å². The molecule has 0 radical (unpaired) electrons. The van der Waals surface area contributed by atoms with Crippen LogP contribution < -0.4 is 0 Å². The minimum Gasteiger partial charge on any atom is -0.462 e. The Labute approximate surface area is 131 Å². The van der Waals surface area contributed by atoms with Gasteiger partial charge in [0.1, 0.15) is 12.2 Å². The van der Waals surface area contributed by atoms with Gasteiger partial charge in [-0.3, -0.25) is 9.59 Å². The molecule has 5 heteroatoms. The van der Waals surface area contributed by atoms with E-state index in [0.717, 1.165) is 12.8 Å². The Morgan fingerprint density at radius 3 is 2.68 bits per heavy atom. The second-order valence-electron chi connectivity index (χ2n) is 7.78. The van der Waals surface area contributed by atoms with Crippen LogP contribution in [0.15, 0.2) is 0 Å². The average Bonchev–Trinajstić information content (AvgIpc) is 2.73. The number of fused-ring (bicyclic) bond motifs is 2. The van der Waals surface area contributed by atoms with Gasteiger partial charge in [0.05, 0.1) is 12.0 Å². The summed E-state index contributed by atoms with van der Waals surface area (Å²) in [6.45, 7) is 7.55. The SMILES string of the molecule is CC(=O)O[C@H]1C[C@@H](O)[C@@]2(C)C[C@H]3[C@@H](C[C@@H](C)[C@H]12)OC(=O)[C@@H]3C. The van der Waals surface area contributed by atoms with E-state index in [0.29, 0.717) is 6.42 Å². The van der Waals surface area contributed by atoms with E-state index in [1.54, 1.807) is 0 Å². The van der Waals surface area contributed by atoms with Crippen LogP contribution in [0.5, 0.6) is 0 Å². The molecule has 0 bridgehead atoms. The molecule has 0 aromatic heterocycles. The lowest BCUT2D eigenvalue weighted by molar-refractivity contribution is -0.150. The van der Waals surface area contributed by atoms with Crippen LogP contribution in [0.4, 0.5) is 0 Å². The highest BCUT2D eigenvalue weighted by Crippen LogP contribution is 2.57. The Bertz CT molecular complexity index is 489. The summed E-state index contributed by atoms with van der Waals surface area (Å²) < 4.78 is 11.1. The molecule has 0 aromatic rings. The van der Waals surface area contributed by atoms with E-state index in [9.17, 15) is 14.7 Å². The number of aliphatic hydroxyl groups is 1. The van der Waals surface area contributed by atoms with Crippen molar-refractivity contribution in [3.63, 3.8) is 0 Å². The van der Waals surface area contributed by atoms with Gasteiger partial charge in [-0.25, -0.2) is 0 Å². The molecule has 124 valence electrons. The molecular formula is C17H26O5. The second-order valence-corrected chi connectivity index (χ2v) is 7.78. The van der Waals surface area contributed by atoms with E-state index >= 15 is 0 Å². The van der Waals surface area contributed by atoms with Gasteiger partial charge in [0.2, 0.25) is 0 Å². The first-order valence-electron chi connectivity index (χ1n) is 8.29. The number of rotatable bonds is 1. The van der Waals surface area contributed by atoms with Gasteiger partial charge in [0.15, 0.2) is 0 Å². The van der Waals surface area contributed by atoms with Crippen LogP contribution >= 0.6 is 0 Å². The lowest BCUT2D eigenvalue weighted by Gasteiger charge is -2.38. The first kappa shape index (κ1) is 15.8. The summed E-state index contributed by atoms with van der Waals surface area (Å²) in [5.74, 6) is -0.0305. The number of aliphatic hydroxyl groups excluding tert-OH is 1. The fourth-order valence-corrected chi connectivity index (χ4v) is 5.30. The van der Waals surface area contributed by atoms with Crippen LogP contribution in [0.3, 0.4) is 0 Å². The van der Waals surface area contributed by atoms with E-state index < -0.39 is 6.10 Å². The largest absolute Gasteiger partial charge is 0.462 e. The summed E-state index contributed by atoms with van der Waals surface area (Å²) in [6, 6.07) is 0. The first-order chi connectivity index (χ1) is 10.2. The highest BCUT2D eigenvalue weighted by molar-refractivity contribution is 5.74. The van der Waals surface area contributed by atoms with E-state index in [4.69, 9.17) is 9.47 Å². The van der Waals surface area contributed by atoms with E-state index in [2.05, 4.69) is 13.8 Å². The van der Waals surface area contributed by atoms with Gasteiger partial charge in [-0.05, 0) is 18.8 Å². The minimum absolute atomic E-state index is 0.0647. The first-order valence-corrected chi connectivity index (χ1v) is 8.29. The number of carbonyl (C=O) groups excluding carboxylic acids is 2. The average molecular weight is 310 g/mol. The van der Waals surface area contributed by atoms with Gasteiger partial charge in [0, 0.05) is 30.6 Å². The highest BCUT2D eigenvalue weighted by atomic mass is 16.6. The molecule has 0 amide bonds. The standard InChI is InChI=1S/C17H26O5/c1-8-5-12-11(9(2)16(20)22-12)7-17(4)14(19)6-13(15(8)17)21-10(3)18/h8-9,11-15,19H,5-7H2,1-4H3/t8-,9-,11-,12-,13+,14-,15-,17-/m1/s1. The van der Waals surface area contributed by atoms with Crippen molar-refractivity contribution in [3.8, 4) is 0 Å². The predicted molar refractivity (Wildman–Crippen MR) is 78.7 cm³/mol. The third kappa shape index (κ3) is 2.25. The number of carbonyl (C=O) groups is 2. The monoisotopic (exact) mass is 310 g/mol. The second kappa shape index (κ2) is 5.22. The molecule has 8 atom stereocenters. The highest BCUT2D eigenvalue weighted by Gasteiger charge is 2.60. The number of hydrogen-bond donors (Lipinski definition) is 1. The Morgan fingerprint density at radius 2 is 2.05 bits per heavy atom. The molecule has 3 rings (SSSR count). The van der Waals surface area contributed by atoms with Gasteiger partial charge in [-0.15, -0.1) is 0 Å². The molecule has 3 aliphatic rings. The minimum atomic E-state index is -0.508. The summed E-state index contributed by atoms with van der Waals surface area (Å²) in [5.41, 5.74) is -0.332. The fourth-order valence-electron chi connectivity index (χ4n) is 5.30. The summed E-state index contributed by atoms with van der Waals surface area (Å²) >= 11 is 0. The normalized spacial score (nSPS) is 50.8. The van der Waals surface area contributed by atoms with Crippen molar-refractivity contribution in [2.45, 2.75) is 65.3 Å². The van der Waals surface area contributed by atoms with E-state index in [-0.39, 0.29) is 53.2 Å². The zero-order chi connectivity index (χ0) is 16.2. The lowest BCUT2D eigenvalue weighted by Crippen LogP contribution is -2.39. The van der Waals surface area contributed by atoms with Crippen LogP contribution in [-0.4, -0.2) is 35.4 Å². The predicted octanol–water partition coefficient (Wildman–Crippen LogP) is 1.91. The topological polar surface area (TPSA) is 72.8 Å². The molecule has 0 aromatic carbocycles. The van der Waals surface area contributed by atoms with Crippen LogP contribution in [0.2, 0.25) is 0 Å². The van der Waals surface area contributed by atoms with Crippen LogP contribution in [0.1, 0.15) is 47.0 Å². The Balaban J connectivity index is 1.92. The number of esters is 2. The maximum absolute atomic E-state index is 11.9. The molecule has 2 saturated carbocycles. The van der Waals surface area contributed by atoms with Crippen molar-refractivity contribution >= 4 is 11.9 Å².